The van der Waals surface area contributed by atoms with Crippen LogP contribution in [0.15, 0.2) is 28.0 Å². The molecule has 1 aromatic carbocycles. The van der Waals surface area contributed by atoms with Gasteiger partial charge in [0.25, 0.3) is 0 Å². The summed E-state index contributed by atoms with van der Waals surface area (Å²) in [6, 6.07) is 3.63. The molecule has 1 atom stereocenters. The van der Waals surface area contributed by atoms with E-state index in [0.717, 1.165) is 12.1 Å². The lowest BCUT2D eigenvalue weighted by molar-refractivity contribution is -0.144. The number of aromatic hydroxyl groups is 1. The van der Waals surface area contributed by atoms with Crippen LogP contribution in [0.3, 0.4) is 0 Å². The molecule has 0 saturated heterocycles. The Morgan fingerprint density at radius 1 is 1.29 bits per heavy atom. The van der Waals surface area contributed by atoms with E-state index in [2.05, 4.69) is 0 Å². The number of benzene rings is 1. The van der Waals surface area contributed by atoms with Gasteiger partial charge in [0.05, 0.1) is 9.80 Å². The Morgan fingerprint density at radius 3 is 2.53 bits per heavy atom. The number of carbonyl (C=O) groups is 1. The third-order valence-electron chi connectivity index (χ3n) is 2.40. The predicted molar refractivity (Wildman–Crippen MR) is 56.9 cm³/mol. The molecule has 0 bridgehead atoms. The number of phenolic OH excluding ortho intramolecular Hbond substituents is 1. The minimum atomic E-state index is -4.04. The third-order valence-corrected chi connectivity index (χ3v) is 4.29. The first-order valence-corrected chi connectivity index (χ1v) is 6.03. The Kier molecular flexibility index (Phi) is 2.44. The number of aliphatic hydroxyl groups excluding tert-OH is 1. The molecule has 1 aliphatic heterocycles. The molecular formula is C10H8O6S. The van der Waals surface area contributed by atoms with Gasteiger partial charge in [-0.05, 0) is 29.8 Å². The Labute approximate surface area is 96.4 Å². The van der Waals surface area contributed by atoms with Gasteiger partial charge in [-0.15, -0.1) is 0 Å². The summed E-state index contributed by atoms with van der Waals surface area (Å²) < 4.78 is 23.8. The number of rotatable bonds is 2. The molecule has 6 nitrogen and oxygen atoms in total. The van der Waals surface area contributed by atoms with Crippen molar-refractivity contribution >= 4 is 21.9 Å². The minimum absolute atomic E-state index is 0.201. The summed E-state index contributed by atoms with van der Waals surface area (Å²) in [6.07, 6.45) is -1.02. The van der Waals surface area contributed by atoms with Gasteiger partial charge in [0, 0.05) is 0 Å². The van der Waals surface area contributed by atoms with E-state index in [-0.39, 0.29) is 16.2 Å². The summed E-state index contributed by atoms with van der Waals surface area (Å²) in [4.78, 5) is 9.79. The number of phenols is 1. The van der Waals surface area contributed by atoms with Crippen LogP contribution >= 0.6 is 0 Å². The predicted octanol–water partition coefficient (Wildman–Crippen LogP) is -0.0341. The number of sulfone groups is 1. The van der Waals surface area contributed by atoms with E-state index in [4.69, 9.17) is 5.11 Å². The van der Waals surface area contributed by atoms with Crippen LogP contribution in [-0.2, 0) is 14.6 Å². The molecule has 1 heterocycles. The number of aliphatic hydroxyl groups is 1. The Hall–Kier alpha value is -1.86. The molecule has 90 valence electrons. The lowest BCUT2D eigenvalue weighted by Crippen LogP contribution is -2.25. The molecule has 1 aromatic rings. The first kappa shape index (κ1) is 11.6. The van der Waals surface area contributed by atoms with Crippen LogP contribution in [-0.4, -0.2) is 35.8 Å². The van der Waals surface area contributed by atoms with Crippen molar-refractivity contribution in [3.8, 4) is 5.75 Å². The maximum absolute atomic E-state index is 11.9. The van der Waals surface area contributed by atoms with Crippen molar-refractivity contribution in [2.24, 2.45) is 0 Å². The number of hydrogen-bond donors (Lipinski definition) is 3. The van der Waals surface area contributed by atoms with Crippen LogP contribution in [0.1, 0.15) is 5.56 Å². The molecule has 0 spiro atoms. The summed E-state index contributed by atoms with van der Waals surface area (Å²) in [6.45, 7) is 0. The average Bonchev–Trinajstić information content (AvgIpc) is 2.50. The Morgan fingerprint density at radius 2 is 1.94 bits per heavy atom. The highest BCUT2D eigenvalue weighted by atomic mass is 32.2. The van der Waals surface area contributed by atoms with Crippen LogP contribution in [0.5, 0.6) is 5.75 Å². The highest BCUT2D eigenvalue weighted by Crippen LogP contribution is 2.36. The van der Waals surface area contributed by atoms with Gasteiger partial charge in [0.1, 0.15) is 5.75 Å². The number of fused-ring (bicyclic) bond motifs is 1. The van der Waals surface area contributed by atoms with E-state index in [1.54, 1.807) is 0 Å². The lowest BCUT2D eigenvalue weighted by Gasteiger charge is -2.06. The van der Waals surface area contributed by atoms with Gasteiger partial charge in [-0.25, -0.2) is 13.2 Å². The molecule has 1 aliphatic rings. The highest BCUT2D eigenvalue weighted by Gasteiger charge is 2.37. The topological polar surface area (TPSA) is 112 Å². The van der Waals surface area contributed by atoms with Crippen molar-refractivity contribution in [3.63, 3.8) is 0 Å². The molecule has 1 unspecified atom stereocenters. The molecule has 0 amide bonds. The zero-order chi connectivity index (χ0) is 12.8. The summed E-state index contributed by atoms with van der Waals surface area (Å²) in [5, 5.41) is 27.1. The largest absolute Gasteiger partial charge is 0.508 e. The first-order chi connectivity index (χ1) is 7.84. The number of hydrogen-bond acceptors (Lipinski definition) is 5. The molecule has 7 heteroatoms. The third kappa shape index (κ3) is 1.69. The van der Waals surface area contributed by atoms with Crippen molar-refractivity contribution in [2.45, 2.75) is 11.0 Å². The molecule has 17 heavy (non-hydrogen) atoms. The standard InChI is InChI=1S/C10H8O6S/c11-6-2-1-5-3-8(9(12)10(13)14)17(15,16)7(5)4-6/h1-4,9,11-12H,(H,13,14). The number of aliphatic carboxylic acids is 1. The molecule has 0 aliphatic carbocycles. The van der Waals surface area contributed by atoms with Gasteiger partial charge in [-0.2, -0.15) is 0 Å². The second kappa shape index (κ2) is 3.57. The van der Waals surface area contributed by atoms with E-state index < -0.39 is 26.8 Å². The maximum Gasteiger partial charge on any atom is 0.337 e. The van der Waals surface area contributed by atoms with Gasteiger partial charge in [-0.3, -0.25) is 0 Å². The van der Waals surface area contributed by atoms with Crippen molar-refractivity contribution in [2.75, 3.05) is 0 Å². The summed E-state index contributed by atoms with van der Waals surface area (Å²) in [5.41, 5.74) is 0.248. The molecule has 0 radical (unpaired) electrons. The van der Waals surface area contributed by atoms with Crippen LogP contribution in [0.4, 0.5) is 0 Å². The fourth-order valence-corrected chi connectivity index (χ4v) is 3.22. The van der Waals surface area contributed by atoms with Crippen molar-refractivity contribution in [1.29, 1.82) is 0 Å². The van der Waals surface area contributed by atoms with Gasteiger partial charge in [-0.1, -0.05) is 0 Å². The molecular weight excluding hydrogens is 248 g/mol. The van der Waals surface area contributed by atoms with Crippen molar-refractivity contribution < 1.29 is 28.5 Å². The quantitative estimate of drug-likeness (QED) is 0.684. The van der Waals surface area contributed by atoms with E-state index in [9.17, 15) is 23.4 Å². The zero-order valence-electron chi connectivity index (χ0n) is 8.36. The Balaban J connectivity index is 2.61. The smallest absolute Gasteiger partial charge is 0.337 e. The van der Waals surface area contributed by atoms with E-state index >= 15 is 0 Å². The number of carboxylic acid groups (broad SMARTS) is 1. The van der Waals surface area contributed by atoms with Gasteiger partial charge in [0.2, 0.25) is 9.84 Å². The van der Waals surface area contributed by atoms with Crippen molar-refractivity contribution in [3.05, 3.63) is 28.7 Å². The monoisotopic (exact) mass is 256 g/mol. The molecule has 0 fully saturated rings. The van der Waals surface area contributed by atoms with Gasteiger partial charge < -0.3 is 15.3 Å². The van der Waals surface area contributed by atoms with Crippen LogP contribution < -0.4 is 0 Å². The van der Waals surface area contributed by atoms with E-state index in [0.29, 0.717) is 0 Å². The van der Waals surface area contributed by atoms with E-state index in [1.807, 2.05) is 0 Å². The highest BCUT2D eigenvalue weighted by molar-refractivity contribution is 7.96. The minimum Gasteiger partial charge on any atom is -0.508 e. The van der Waals surface area contributed by atoms with Crippen LogP contribution in [0.2, 0.25) is 0 Å². The fourth-order valence-electron chi connectivity index (χ4n) is 1.58. The molecule has 2 rings (SSSR count). The second-order valence-corrected chi connectivity index (χ2v) is 5.43. The normalized spacial score (nSPS) is 18.3. The lowest BCUT2D eigenvalue weighted by atomic mass is 10.2. The molecule has 0 aromatic heterocycles. The SMILES string of the molecule is O=C(O)C(O)C1=Cc2ccc(O)cc2S1(=O)=O. The number of carboxylic acids is 1. The first-order valence-electron chi connectivity index (χ1n) is 4.54. The van der Waals surface area contributed by atoms with Gasteiger partial charge in [0.15, 0.2) is 6.10 Å². The summed E-state index contributed by atoms with van der Waals surface area (Å²) in [5.74, 6) is -1.89. The maximum atomic E-state index is 11.9. The fraction of sp³-hybridized carbons (Fsp3) is 0.100. The Bertz CT molecular complexity index is 628. The summed E-state index contributed by atoms with van der Waals surface area (Å²) >= 11 is 0. The second-order valence-electron chi connectivity index (χ2n) is 3.51. The van der Waals surface area contributed by atoms with Crippen LogP contribution in [0.25, 0.3) is 6.08 Å². The van der Waals surface area contributed by atoms with E-state index in [1.165, 1.54) is 12.1 Å². The van der Waals surface area contributed by atoms with Crippen LogP contribution in [0, 0.1) is 0 Å². The van der Waals surface area contributed by atoms with Gasteiger partial charge >= 0.3 is 5.97 Å². The average molecular weight is 256 g/mol. The van der Waals surface area contributed by atoms with Crippen molar-refractivity contribution in [1.82, 2.24) is 0 Å². The molecule has 0 saturated carbocycles. The zero-order valence-corrected chi connectivity index (χ0v) is 9.18. The molecule has 3 N–H and O–H groups in total. The summed E-state index contributed by atoms with van der Waals surface area (Å²) in [7, 11) is -4.04.